The topological polar surface area (TPSA) is 44.5 Å². The van der Waals surface area contributed by atoms with E-state index in [1.165, 1.54) is 0 Å². The van der Waals surface area contributed by atoms with E-state index in [9.17, 15) is 0 Å². The Hall–Kier alpha value is -1.22. The second-order valence-electron chi connectivity index (χ2n) is 4.60. The van der Waals surface area contributed by atoms with Crippen LogP contribution in [0.2, 0.25) is 0 Å². The van der Waals surface area contributed by atoms with Crippen LogP contribution < -0.4 is 10.5 Å². The third-order valence-electron chi connectivity index (χ3n) is 2.68. The van der Waals surface area contributed by atoms with Crippen LogP contribution in [-0.4, -0.2) is 19.3 Å². The van der Waals surface area contributed by atoms with Crippen LogP contribution in [0.5, 0.6) is 5.75 Å². The number of nitrogens with two attached hydrogens (primary N) is 1. The highest BCUT2D eigenvalue weighted by molar-refractivity contribution is 5.53. The third kappa shape index (κ3) is 3.74. The summed E-state index contributed by atoms with van der Waals surface area (Å²) in [6.45, 7) is 6.70. The minimum Gasteiger partial charge on any atom is -0.491 e. The fraction of sp³-hybridized carbons (Fsp3) is 0.538. The molecule has 0 fully saturated rings. The summed E-state index contributed by atoms with van der Waals surface area (Å²) in [5, 5.41) is 0. The maximum Gasteiger partial charge on any atom is 0.142 e. The van der Waals surface area contributed by atoms with E-state index in [2.05, 4.69) is 0 Å². The van der Waals surface area contributed by atoms with Crippen LogP contribution in [0.3, 0.4) is 0 Å². The third-order valence-corrected chi connectivity index (χ3v) is 2.68. The molecular weight excluding hydrogens is 202 g/mol. The molecule has 2 N–H and O–H groups in total. The Morgan fingerprint density at radius 1 is 1.31 bits per heavy atom. The average molecular weight is 223 g/mol. The SMILES string of the molecule is COC(C)(C)CCOc1cc(C)ccc1N. The van der Waals surface area contributed by atoms with Crippen molar-refractivity contribution in [3.8, 4) is 5.75 Å². The van der Waals surface area contributed by atoms with Gasteiger partial charge in [0, 0.05) is 13.5 Å². The number of hydrogen-bond acceptors (Lipinski definition) is 3. The molecule has 1 rings (SSSR count). The van der Waals surface area contributed by atoms with Crippen molar-refractivity contribution < 1.29 is 9.47 Å². The summed E-state index contributed by atoms with van der Waals surface area (Å²) in [6, 6.07) is 5.79. The predicted octanol–water partition coefficient (Wildman–Crippen LogP) is 2.77. The van der Waals surface area contributed by atoms with Crippen LogP contribution >= 0.6 is 0 Å². The maximum absolute atomic E-state index is 5.82. The average Bonchev–Trinajstić information content (AvgIpc) is 2.23. The maximum atomic E-state index is 5.82. The van der Waals surface area contributed by atoms with E-state index in [0.717, 1.165) is 17.7 Å². The van der Waals surface area contributed by atoms with E-state index in [-0.39, 0.29) is 5.60 Å². The molecule has 0 aliphatic carbocycles. The zero-order chi connectivity index (χ0) is 12.2. The standard InChI is InChI=1S/C13H21NO2/c1-10-5-6-11(14)12(9-10)16-8-7-13(2,3)15-4/h5-6,9H,7-8,14H2,1-4H3. The van der Waals surface area contributed by atoms with Crippen molar-refractivity contribution >= 4 is 5.69 Å². The Kier molecular flexibility index (Phi) is 4.19. The summed E-state index contributed by atoms with van der Waals surface area (Å²) in [5.41, 5.74) is 7.49. The van der Waals surface area contributed by atoms with E-state index in [0.29, 0.717) is 12.3 Å². The number of methoxy groups -OCH3 is 1. The molecule has 0 saturated carbocycles. The minimum atomic E-state index is -0.154. The molecule has 1 aromatic carbocycles. The molecule has 0 radical (unpaired) electrons. The molecule has 0 bridgehead atoms. The molecule has 1 aromatic rings. The molecule has 3 heteroatoms. The van der Waals surface area contributed by atoms with Crippen LogP contribution in [0.4, 0.5) is 5.69 Å². The molecule has 0 atom stereocenters. The van der Waals surface area contributed by atoms with E-state index in [1.54, 1.807) is 7.11 Å². The summed E-state index contributed by atoms with van der Waals surface area (Å²) >= 11 is 0. The molecule has 16 heavy (non-hydrogen) atoms. The number of nitrogen functional groups attached to an aromatic ring is 1. The molecule has 0 heterocycles. The Bertz CT molecular complexity index is 348. The number of benzene rings is 1. The van der Waals surface area contributed by atoms with Crippen molar-refractivity contribution in [2.24, 2.45) is 0 Å². The lowest BCUT2D eigenvalue weighted by Crippen LogP contribution is -2.25. The first-order chi connectivity index (χ1) is 7.44. The molecule has 0 unspecified atom stereocenters. The van der Waals surface area contributed by atoms with Crippen molar-refractivity contribution in [2.75, 3.05) is 19.5 Å². The first-order valence-electron chi connectivity index (χ1n) is 5.49. The lowest BCUT2D eigenvalue weighted by molar-refractivity contribution is 0.00551. The van der Waals surface area contributed by atoms with Crippen molar-refractivity contribution in [3.05, 3.63) is 23.8 Å². The number of anilines is 1. The van der Waals surface area contributed by atoms with Crippen LogP contribution in [0.1, 0.15) is 25.8 Å². The van der Waals surface area contributed by atoms with Gasteiger partial charge in [-0.3, -0.25) is 0 Å². The van der Waals surface area contributed by atoms with Gasteiger partial charge in [-0.2, -0.15) is 0 Å². The molecule has 3 nitrogen and oxygen atoms in total. The van der Waals surface area contributed by atoms with Crippen LogP contribution in [0, 0.1) is 6.92 Å². The van der Waals surface area contributed by atoms with E-state index < -0.39 is 0 Å². The van der Waals surface area contributed by atoms with Gasteiger partial charge in [0.15, 0.2) is 0 Å². The molecule has 90 valence electrons. The summed E-state index contributed by atoms with van der Waals surface area (Å²) < 4.78 is 11.0. The van der Waals surface area contributed by atoms with Crippen LogP contribution in [0.25, 0.3) is 0 Å². The fourth-order valence-electron chi connectivity index (χ4n) is 1.28. The predicted molar refractivity (Wildman–Crippen MR) is 66.8 cm³/mol. The summed E-state index contributed by atoms with van der Waals surface area (Å²) in [6.07, 6.45) is 0.830. The summed E-state index contributed by atoms with van der Waals surface area (Å²) in [5.74, 6) is 0.756. The molecule has 0 saturated heterocycles. The second-order valence-corrected chi connectivity index (χ2v) is 4.60. The first-order valence-corrected chi connectivity index (χ1v) is 5.49. The Balaban J connectivity index is 2.52. The highest BCUT2D eigenvalue weighted by Crippen LogP contribution is 2.23. The van der Waals surface area contributed by atoms with Gasteiger partial charge in [-0.15, -0.1) is 0 Å². The summed E-state index contributed by atoms with van der Waals surface area (Å²) in [4.78, 5) is 0. The van der Waals surface area contributed by atoms with Gasteiger partial charge in [0.05, 0.1) is 17.9 Å². The Labute approximate surface area is 97.6 Å². The minimum absolute atomic E-state index is 0.154. The van der Waals surface area contributed by atoms with Gasteiger partial charge < -0.3 is 15.2 Å². The molecule has 0 spiro atoms. The number of rotatable bonds is 5. The van der Waals surface area contributed by atoms with Gasteiger partial charge in [0.25, 0.3) is 0 Å². The fourth-order valence-corrected chi connectivity index (χ4v) is 1.28. The zero-order valence-electron chi connectivity index (χ0n) is 10.5. The molecule has 0 aromatic heterocycles. The number of ether oxygens (including phenoxy) is 2. The summed E-state index contributed by atoms with van der Waals surface area (Å²) in [7, 11) is 1.71. The monoisotopic (exact) mass is 223 g/mol. The van der Waals surface area contributed by atoms with Gasteiger partial charge in [-0.1, -0.05) is 6.07 Å². The molecule has 0 aliphatic rings. The quantitative estimate of drug-likeness (QED) is 0.781. The largest absolute Gasteiger partial charge is 0.491 e. The lowest BCUT2D eigenvalue weighted by Gasteiger charge is -2.22. The van der Waals surface area contributed by atoms with Gasteiger partial charge >= 0.3 is 0 Å². The molecule has 0 amide bonds. The first kappa shape index (κ1) is 12.8. The van der Waals surface area contributed by atoms with Crippen molar-refractivity contribution in [3.63, 3.8) is 0 Å². The van der Waals surface area contributed by atoms with Crippen molar-refractivity contribution in [1.82, 2.24) is 0 Å². The van der Waals surface area contributed by atoms with Gasteiger partial charge in [0.2, 0.25) is 0 Å². The van der Waals surface area contributed by atoms with Gasteiger partial charge in [0.1, 0.15) is 5.75 Å². The highest BCUT2D eigenvalue weighted by Gasteiger charge is 2.16. The zero-order valence-corrected chi connectivity index (χ0v) is 10.5. The van der Waals surface area contributed by atoms with E-state index in [1.807, 2.05) is 39.0 Å². The lowest BCUT2D eigenvalue weighted by atomic mass is 10.1. The van der Waals surface area contributed by atoms with Gasteiger partial charge in [-0.25, -0.2) is 0 Å². The normalized spacial score (nSPS) is 11.5. The second kappa shape index (κ2) is 5.21. The Morgan fingerprint density at radius 3 is 2.62 bits per heavy atom. The number of aryl methyl sites for hydroxylation is 1. The van der Waals surface area contributed by atoms with Crippen LogP contribution in [0.15, 0.2) is 18.2 Å². The Morgan fingerprint density at radius 2 is 2.00 bits per heavy atom. The highest BCUT2D eigenvalue weighted by atomic mass is 16.5. The van der Waals surface area contributed by atoms with E-state index in [4.69, 9.17) is 15.2 Å². The van der Waals surface area contributed by atoms with Crippen molar-refractivity contribution in [2.45, 2.75) is 32.8 Å². The van der Waals surface area contributed by atoms with Crippen molar-refractivity contribution in [1.29, 1.82) is 0 Å². The smallest absolute Gasteiger partial charge is 0.142 e. The number of hydrogen-bond donors (Lipinski definition) is 1. The van der Waals surface area contributed by atoms with Gasteiger partial charge in [-0.05, 0) is 38.5 Å². The molecule has 0 aliphatic heterocycles. The molecular formula is C13H21NO2. The van der Waals surface area contributed by atoms with E-state index >= 15 is 0 Å². The van der Waals surface area contributed by atoms with Crippen LogP contribution in [-0.2, 0) is 4.74 Å².